The fraction of sp³-hybridized carbons (Fsp3) is 0.500. The lowest BCUT2D eigenvalue weighted by atomic mass is 10.1. The number of pyridine rings is 1. The molecule has 0 radical (unpaired) electrons. The zero-order valence-electron chi connectivity index (χ0n) is 9.26. The van der Waals surface area contributed by atoms with Crippen molar-refractivity contribution in [1.29, 1.82) is 0 Å². The average Bonchev–Trinajstić information content (AvgIpc) is 2.30. The first-order valence-corrected chi connectivity index (χ1v) is 5.42. The fourth-order valence-corrected chi connectivity index (χ4v) is 1.75. The van der Waals surface area contributed by atoms with E-state index in [2.05, 4.69) is 10.3 Å². The Labute approximate surface area is 98.1 Å². The quantitative estimate of drug-likeness (QED) is 0.605. The molecular formula is C10H14N4O3. The third kappa shape index (κ3) is 2.82. The normalized spacial score (nSPS) is 16.7. The van der Waals surface area contributed by atoms with Crippen LogP contribution in [-0.2, 0) is 4.74 Å². The first kappa shape index (κ1) is 11.6. The van der Waals surface area contributed by atoms with Gasteiger partial charge < -0.3 is 15.8 Å². The molecule has 0 saturated carbocycles. The van der Waals surface area contributed by atoms with Crippen LogP contribution in [0.1, 0.15) is 12.8 Å². The Morgan fingerprint density at radius 1 is 1.47 bits per heavy atom. The highest BCUT2D eigenvalue weighted by Gasteiger charge is 2.16. The van der Waals surface area contributed by atoms with Crippen LogP contribution in [0.5, 0.6) is 0 Å². The Morgan fingerprint density at radius 3 is 2.76 bits per heavy atom. The topological polar surface area (TPSA) is 103 Å². The van der Waals surface area contributed by atoms with E-state index in [1.54, 1.807) is 6.07 Å². The SMILES string of the molecule is Nc1nc(NC2CCOCC2)ccc1[N+](=O)[O-]. The van der Waals surface area contributed by atoms with Gasteiger partial charge in [-0.15, -0.1) is 0 Å². The Bertz CT molecular complexity index is 418. The van der Waals surface area contributed by atoms with E-state index in [4.69, 9.17) is 10.5 Å². The molecule has 3 N–H and O–H groups in total. The van der Waals surface area contributed by atoms with E-state index in [1.165, 1.54) is 6.07 Å². The summed E-state index contributed by atoms with van der Waals surface area (Å²) in [7, 11) is 0. The third-order valence-electron chi connectivity index (χ3n) is 2.67. The summed E-state index contributed by atoms with van der Waals surface area (Å²) in [6.45, 7) is 1.44. The van der Waals surface area contributed by atoms with Gasteiger partial charge in [-0.1, -0.05) is 0 Å². The Morgan fingerprint density at radius 2 is 2.18 bits per heavy atom. The lowest BCUT2D eigenvalue weighted by molar-refractivity contribution is -0.384. The van der Waals surface area contributed by atoms with E-state index in [9.17, 15) is 10.1 Å². The highest BCUT2D eigenvalue weighted by Crippen LogP contribution is 2.22. The van der Waals surface area contributed by atoms with Gasteiger partial charge in [-0.2, -0.15) is 0 Å². The molecular weight excluding hydrogens is 224 g/mol. The number of nitrogens with one attached hydrogen (secondary N) is 1. The average molecular weight is 238 g/mol. The van der Waals surface area contributed by atoms with Gasteiger partial charge in [0.05, 0.1) is 4.92 Å². The Kier molecular flexibility index (Phi) is 3.38. The second-order valence-corrected chi connectivity index (χ2v) is 3.89. The number of hydrogen-bond acceptors (Lipinski definition) is 6. The number of aromatic nitrogens is 1. The van der Waals surface area contributed by atoms with Gasteiger partial charge in [0.2, 0.25) is 5.82 Å². The number of nitro groups is 1. The molecule has 2 heterocycles. The van der Waals surface area contributed by atoms with Crippen LogP contribution >= 0.6 is 0 Å². The summed E-state index contributed by atoms with van der Waals surface area (Å²) < 4.78 is 5.24. The van der Waals surface area contributed by atoms with Gasteiger partial charge in [0.15, 0.2) is 0 Å². The number of ether oxygens (including phenoxy) is 1. The molecule has 1 aromatic rings. The minimum atomic E-state index is -0.541. The highest BCUT2D eigenvalue weighted by atomic mass is 16.6. The second kappa shape index (κ2) is 4.96. The zero-order chi connectivity index (χ0) is 12.3. The van der Waals surface area contributed by atoms with Crippen LogP contribution in [0, 0.1) is 10.1 Å². The molecule has 92 valence electrons. The van der Waals surface area contributed by atoms with Gasteiger partial charge in [-0.05, 0) is 18.9 Å². The summed E-state index contributed by atoms with van der Waals surface area (Å²) in [4.78, 5) is 14.0. The summed E-state index contributed by atoms with van der Waals surface area (Å²) in [6.07, 6.45) is 1.80. The largest absolute Gasteiger partial charge is 0.381 e. The molecule has 0 spiro atoms. The number of nitrogen functional groups attached to an aromatic ring is 1. The standard InChI is InChI=1S/C10H14N4O3/c11-10-8(14(15)16)1-2-9(13-10)12-7-3-5-17-6-4-7/h1-2,7H,3-6H2,(H3,11,12,13). The van der Waals surface area contributed by atoms with Crippen molar-refractivity contribution in [2.24, 2.45) is 0 Å². The highest BCUT2D eigenvalue weighted by molar-refractivity contribution is 5.57. The molecule has 0 bridgehead atoms. The maximum Gasteiger partial charge on any atom is 0.311 e. The molecule has 1 aromatic heterocycles. The van der Waals surface area contributed by atoms with Crippen molar-refractivity contribution in [3.8, 4) is 0 Å². The van der Waals surface area contributed by atoms with Crippen molar-refractivity contribution >= 4 is 17.3 Å². The van der Waals surface area contributed by atoms with Crippen LogP contribution in [0.2, 0.25) is 0 Å². The van der Waals surface area contributed by atoms with Gasteiger partial charge in [0, 0.05) is 25.3 Å². The van der Waals surface area contributed by atoms with Crippen LogP contribution in [0.15, 0.2) is 12.1 Å². The molecule has 1 saturated heterocycles. The summed E-state index contributed by atoms with van der Waals surface area (Å²) in [5, 5.41) is 13.8. The Hall–Kier alpha value is -1.89. The minimum absolute atomic E-state index is 0.0629. The fourth-order valence-electron chi connectivity index (χ4n) is 1.75. The van der Waals surface area contributed by atoms with Crippen molar-refractivity contribution in [3.63, 3.8) is 0 Å². The van der Waals surface area contributed by atoms with Crippen LogP contribution in [-0.4, -0.2) is 29.2 Å². The monoisotopic (exact) mass is 238 g/mol. The summed E-state index contributed by atoms with van der Waals surface area (Å²) in [5.74, 6) is 0.507. The van der Waals surface area contributed by atoms with E-state index in [-0.39, 0.29) is 17.5 Å². The van der Waals surface area contributed by atoms with Crippen molar-refractivity contribution in [3.05, 3.63) is 22.2 Å². The van der Waals surface area contributed by atoms with Crippen LogP contribution in [0.25, 0.3) is 0 Å². The van der Waals surface area contributed by atoms with E-state index in [0.717, 1.165) is 26.1 Å². The smallest absolute Gasteiger partial charge is 0.311 e. The molecule has 7 heteroatoms. The van der Waals surface area contributed by atoms with Gasteiger partial charge >= 0.3 is 5.69 Å². The van der Waals surface area contributed by atoms with Crippen molar-refractivity contribution in [2.75, 3.05) is 24.3 Å². The molecule has 2 rings (SSSR count). The number of anilines is 2. The maximum atomic E-state index is 10.6. The molecule has 0 unspecified atom stereocenters. The van der Waals surface area contributed by atoms with E-state index >= 15 is 0 Å². The number of nitrogens with zero attached hydrogens (tertiary/aromatic N) is 2. The molecule has 17 heavy (non-hydrogen) atoms. The van der Waals surface area contributed by atoms with Gasteiger partial charge in [-0.25, -0.2) is 4.98 Å². The molecule has 1 aliphatic heterocycles. The van der Waals surface area contributed by atoms with Crippen molar-refractivity contribution in [2.45, 2.75) is 18.9 Å². The van der Waals surface area contributed by atoms with Gasteiger partial charge in [0.25, 0.3) is 0 Å². The lowest BCUT2D eigenvalue weighted by Gasteiger charge is -2.23. The molecule has 0 amide bonds. The summed E-state index contributed by atoms with van der Waals surface area (Å²) in [5.41, 5.74) is 5.35. The van der Waals surface area contributed by atoms with Gasteiger partial charge in [-0.3, -0.25) is 10.1 Å². The molecule has 7 nitrogen and oxygen atoms in total. The lowest BCUT2D eigenvalue weighted by Crippen LogP contribution is -2.28. The minimum Gasteiger partial charge on any atom is -0.381 e. The molecule has 1 aliphatic rings. The van der Waals surface area contributed by atoms with Crippen molar-refractivity contribution in [1.82, 2.24) is 4.98 Å². The Balaban J connectivity index is 2.06. The predicted octanol–water partition coefficient (Wildman–Crippen LogP) is 1.16. The van der Waals surface area contributed by atoms with E-state index < -0.39 is 4.92 Å². The van der Waals surface area contributed by atoms with Crippen LogP contribution in [0.3, 0.4) is 0 Å². The number of nitrogens with two attached hydrogens (primary N) is 1. The van der Waals surface area contributed by atoms with Gasteiger partial charge in [0.1, 0.15) is 5.82 Å². The molecule has 0 aliphatic carbocycles. The van der Waals surface area contributed by atoms with Crippen molar-refractivity contribution < 1.29 is 9.66 Å². The maximum absolute atomic E-state index is 10.6. The van der Waals surface area contributed by atoms with Crippen LogP contribution in [0.4, 0.5) is 17.3 Å². The first-order chi connectivity index (χ1) is 8.16. The third-order valence-corrected chi connectivity index (χ3v) is 2.67. The number of rotatable bonds is 3. The van der Waals surface area contributed by atoms with E-state index in [1.807, 2.05) is 0 Å². The molecule has 0 aromatic carbocycles. The van der Waals surface area contributed by atoms with E-state index in [0.29, 0.717) is 5.82 Å². The molecule has 0 atom stereocenters. The zero-order valence-corrected chi connectivity index (χ0v) is 9.26. The summed E-state index contributed by atoms with van der Waals surface area (Å²) >= 11 is 0. The number of hydrogen-bond donors (Lipinski definition) is 2. The summed E-state index contributed by atoms with van der Waals surface area (Å²) in [6, 6.07) is 3.23. The first-order valence-electron chi connectivity index (χ1n) is 5.42. The molecule has 1 fully saturated rings. The predicted molar refractivity (Wildman–Crippen MR) is 62.8 cm³/mol. The second-order valence-electron chi connectivity index (χ2n) is 3.89. The van der Waals surface area contributed by atoms with Crippen LogP contribution < -0.4 is 11.1 Å².